The molecule has 0 aromatic heterocycles. The summed E-state index contributed by atoms with van der Waals surface area (Å²) in [4.78, 5) is 22.5. The van der Waals surface area contributed by atoms with E-state index in [1.165, 1.54) is 0 Å². The topological polar surface area (TPSA) is 123 Å². The summed E-state index contributed by atoms with van der Waals surface area (Å²) in [6.07, 6.45) is 1.88. The van der Waals surface area contributed by atoms with Gasteiger partial charge in [0.2, 0.25) is 0 Å². The van der Waals surface area contributed by atoms with E-state index in [1.807, 2.05) is 39.0 Å². The van der Waals surface area contributed by atoms with E-state index < -0.39 is 0 Å². The van der Waals surface area contributed by atoms with E-state index in [9.17, 15) is 0 Å². The van der Waals surface area contributed by atoms with Crippen molar-refractivity contribution in [2.75, 3.05) is 0 Å². The van der Waals surface area contributed by atoms with Gasteiger partial charge in [-0.1, -0.05) is 20.8 Å². The van der Waals surface area contributed by atoms with Gasteiger partial charge in [0.25, 0.3) is 20.4 Å². The summed E-state index contributed by atoms with van der Waals surface area (Å²) in [6.45, 7) is 19.0. The number of nitriles is 3. The molecule has 6 radical (unpaired) electrons. The fourth-order valence-corrected chi connectivity index (χ4v) is 0. The molecule has 0 fully saturated rings. The molecule has 0 saturated carbocycles. The number of nitrogens with zero attached hydrogens (tertiary/aromatic N) is 3. The molecule has 0 heterocycles. The van der Waals surface area contributed by atoms with Gasteiger partial charge in [-0.15, -0.1) is 0 Å². The normalized spacial score (nSPS) is 3.79. The first-order valence-electron chi connectivity index (χ1n) is 4.47. The van der Waals surface area contributed by atoms with Gasteiger partial charge in [0.15, 0.2) is 0 Å². The molecule has 6 nitrogen and oxygen atoms in total. The molecule has 19 heavy (non-hydrogen) atoms. The summed E-state index contributed by atoms with van der Waals surface area (Å²) in [7, 11) is 0. The van der Waals surface area contributed by atoms with Crippen LogP contribution in [0.25, 0.3) is 0 Å². The van der Waals surface area contributed by atoms with Crippen LogP contribution in [-0.4, -0.2) is 20.4 Å². The summed E-state index contributed by atoms with van der Waals surface area (Å²) >= 11 is 0. The van der Waals surface area contributed by atoms with Crippen molar-refractivity contribution in [3.05, 3.63) is 0 Å². The Morgan fingerprint density at radius 3 is 0.684 bits per heavy atom. The number of hydrogen-bond donors (Lipinski definition) is 0. The fourth-order valence-electron chi connectivity index (χ4n) is 0. The Balaban J connectivity index is -0.0000000186. The summed E-state index contributed by atoms with van der Waals surface area (Å²) in [5.41, 5.74) is 0. The Morgan fingerprint density at radius 2 is 0.684 bits per heavy atom. The van der Waals surface area contributed by atoms with Gasteiger partial charge in [-0.05, 0) is 0 Å². The maximum atomic E-state index is 7.62. The standard InChI is InChI=1S/3C3H5N.3CO.Mo/c3*1-2-3-4;3*1-2;/h3*2H2,1H3;;;;. The number of carbonyl (C=O) groups excluding carboxylic acids is 3. The molecule has 0 aliphatic carbocycles. The van der Waals surface area contributed by atoms with Crippen LogP contribution >= 0.6 is 0 Å². The zero-order valence-electron chi connectivity index (χ0n) is 11.1. The van der Waals surface area contributed by atoms with E-state index in [4.69, 9.17) is 30.2 Å². The first kappa shape index (κ1) is 43.4. The van der Waals surface area contributed by atoms with Crippen LogP contribution < -0.4 is 0 Å². The van der Waals surface area contributed by atoms with Gasteiger partial charge in [0, 0.05) is 40.3 Å². The second-order valence-corrected chi connectivity index (χ2v) is 1.54. The van der Waals surface area contributed by atoms with E-state index in [0.717, 1.165) is 0 Å². The molecule has 0 bridgehead atoms. The van der Waals surface area contributed by atoms with Gasteiger partial charge in [-0.3, -0.25) is 14.4 Å². The van der Waals surface area contributed by atoms with Crippen LogP contribution in [0.4, 0.5) is 0 Å². The summed E-state index contributed by atoms with van der Waals surface area (Å²) in [5, 5.41) is 22.9. The van der Waals surface area contributed by atoms with Crippen molar-refractivity contribution in [2.45, 2.75) is 40.0 Å². The number of hydrogen-bond acceptors (Lipinski definition) is 6. The first-order chi connectivity index (χ1) is 8.74. The molecule has 0 N–H and O–H groups in total. The molecule has 0 spiro atoms. The Morgan fingerprint density at radius 1 is 0.632 bits per heavy atom. The number of rotatable bonds is 0. The van der Waals surface area contributed by atoms with Crippen LogP contribution in [0.3, 0.4) is 0 Å². The van der Waals surface area contributed by atoms with Crippen molar-refractivity contribution in [3.8, 4) is 18.2 Å². The molecule has 0 unspecified atom stereocenters. The molecule has 102 valence electrons. The molecule has 0 aliphatic heterocycles. The molecule has 0 atom stereocenters. The monoisotopic (exact) mass is 347 g/mol. The molecule has 0 aromatic rings. The maximum absolute atomic E-state index is 7.62. The molecular weight excluding hydrogens is 330 g/mol. The van der Waals surface area contributed by atoms with E-state index >= 15 is 0 Å². The van der Waals surface area contributed by atoms with Gasteiger partial charge in [-0.2, -0.15) is 15.8 Å². The van der Waals surface area contributed by atoms with E-state index in [2.05, 4.69) is 20.4 Å². The third-order valence-corrected chi connectivity index (χ3v) is 0.474. The van der Waals surface area contributed by atoms with Crippen LogP contribution in [0.5, 0.6) is 0 Å². The minimum Gasteiger partial charge on any atom is -0.281 e. The SMILES string of the molecule is CCC#N.CCC#N.CCC#N.[C]=O.[C]=O.[C]=O.[Mo]. The van der Waals surface area contributed by atoms with Gasteiger partial charge in [-0.25, -0.2) is 0 Å². The Hall–Kier alpha value is -1.83. The predicted octanol–water partition coefficient (Wildman–Crippen LogP) is 1.57. The van der Waals surface area contributed by atoms with Crippen LogP contribution in [-0.2, 0) is 35.4 Å². The molecule has 0 rings (SSSR count). The summed E-state index contributed by atoms with van der Waals surface area (Å²) in [6, 6.07) is 5.79. The van der Waals surface area contributed by atoms with Crippen molar-refractivity contribution in [2.24, 2.45) is 0 Å². The predicted molar refractivity (Wildman–Crippen MR) is 64.8 cm³/mol. The maximum Gasteiger partial charge on any atom is 0.281 e. The minimum atomic E-state index is 0. The Kier molecular flexibility index (Phi) is 489. The van der Waals surface area contributed by atoms with Gasteiger partial charge in [0.1, 0.15) is 0 Å². The third kappa shape index (κ3) is 2380. The third-order valence-electron chi connectivity index (χ3n) is 0.474. The van der Waals surface area contributed by atoms with Crippen molar-refractivity contribution >= 4 is 20.4 Å². The minimum absolute atomic E-state index is 0. The summed E-state index contributed by atoms with van der Waals surface area (Å²) < 4.78 is 0. The van der Waals surface area contributed by atoms with Gasteiger partial charge < -0.3 is 0 Å². The van der Waals surface area contributed by atoms with E-state index in [-0.39, 0.29) is 21.1 Å². The molecular formula is C12H15MoN3O3. The van der Waals surface area contributed by atoms with Crippen molar-refractivity contribution < 1.29 is 35.4 Å². The average Bonchev–Trinajstić information content (AvgIpc) is 2.53. The van der Waals surface area contributed by atoms with Gasteiger partial charge >= 0.3 is 0 Å². The second-order valence-electron chi connectivity index (χ2n) is 1.54. The molecule has 0 aliphatic rings. The molecule has 0 amide bonds. The molecule has 0 saturated heterocycles. The molecule has 7 heteroatoms. The van der Waals surface area contributed by atoms with Crippen LogP contribution in [0, 0.1) is 34.0 Å². The Labute approximate surface area is 130 Å². The van der Waals surface area contributed by atoms with E-state index in [1.54, 1.807) is 0 Å². The van der Waals surface area contributed by atoms with Gasteiger partial charge in [0.05, 0.1) is 18.2 Å². The van der Waals surface area contributed by atoms with Crippen LogP contribution in [0.2, 0.25) is 0 Å². The quantitative estimate of drug-likeness (QED) is 0.614. The zero-order chi connectivity index (χ0) is 16.2. The average molecular weight is 345 g/mol. The van der Waals surface area contributed by atoms with Crippen LogP contribution in [0.15, 0.2) is 0 Å². The smallest absolute Gasteiger partial charge is 0.281 e. The van der Waals surface area contributed by atoms with Crippen LogP contribution in [0.1, 0.15) is 40.0 Å². The Bertz CT molecular complexity index is 182. The zero-order valence-corrected chi connectivity index (χ0v) is 13.1. The fraction of sp³-hybridized carbons (Fsp3) is 0.500. The summed E-state index contributed by atoms with van der Waals surface area (Å²) in [5.74, 6) is 0. The van der Waals surface area contributed by atoms with Crippen molar-refractivity contribution in [1.82, 2.24) is 0 Å². The van der Waals surface area contributed by atoms with Crippen molar-refractivity contribution in [3.63, 3.8) is 0 Å². The molecule has 0 aromatic carbocycles. The first-order valence-corrected chi connectivity index (χ1v) is 4.47. The second kappa shape index (κ2) is 214. The largest absolute Gasteiger partial charge is 0.281 e. The van der Waals surface area contributed by atoms with E-state index in [0.29, 0.717) is 19.3 Å². The van der Waals surface area contributed by atoms with Crippen molar-refractivity contribution in [1.29, 1.82) is 15.8 Å².